The Hall–Kier alpha value is -1.93. The third kappa shape index (κ3) is 8.69. The van der Waals surface area contributed by atoms with Crippen molar-refractivity contribution in [1.82, 2.24) is 9.80 Å². The summed E-state index contributed by atoms with van der Waals surface area (Å²) in [6.45, 7) is 4.38. The lowest BCUT2D eigenvalue weighted by molar-refractivity contribution is -0.153. The summed E-state index contributed by atoms with van der Waals surface area (Å²) in [4.78, 5) is 29.1. The minimum Gasteiger partial charge on any atom is -0.346 e. The highest BCUT2D eigenvalue weighted by Crippen LogP contribution is 2.30. The Kier molecular flexibility index (Phi) is 11.0. The van der Waals surface area contributed by atoms with Crippen LogP contribution in [0.15, 0.2) is 59.1 Å². The van der Waals surface area contributed by atoms with Crippen LogP contribution < -0.4 is 0 Å². The molecule has 2 amide bonds. The quantitative estimate of drug-likeness (QED) is 0.374. The maximum atomic E-state index is 13.3. The van der Waals surface area contributed by atoms with Crippen LogP contribution in [-0.2, 0) is 9.59 Å². The van der Waals surface area contributed by atoms with E-state index in [0.29, 0.717) is 24.6 Å². The first-order valence-electron chi connectivity index (χ1n) is 11.4. The molecule has 9 heteroatoms. The number of allylic oxidation sites excluding steroid dienone is 7. The van der Waals surface area contributed by atoms with E-state index < -0.39 is 36.8 Å². The van der Waals surface area contributed by atoms with Crippen molar-refractivity contribution < 1.29 is 22.8 Å². The summed E-state index contributed by atoms with van der Waals surface area (Å²) in [5.74, 6) is -1.21. The second-order valence-corrected chi connectivity index (χ2v) is 9.85. The average Bonchev–Trinajstić information content (AvgIpc) is 2.74. The van der Waals surface area contributed by atoms with Crippen molar-refractivity contribution in [3.63, 3.8) is 0 Å². The molecule has 0 N–H and O–H groups in total. The first-order chi connectivity index (χ1) is 16.0. The van der Waals surface area contributed by atoms with E-state index >= 15 is 0 Å². The number of halogens is 4. The molecule has 0 aromatic heterocycles. The molecule has 188 valence electrons. The zero-order chi connectivity index (χ0) is 25.3. The standard InChI is InChI=1S/C25H32ClF3N2O2S/c1-18-8-6-10-20(11-7-9-18)30-15-5-4-12-21(26)22(16-30)31(24(33)19(2)17-34-3)23(32)13-14-25(27,28)29/h6-8,10-12,16,18-19H,4-5,9,13-15,17H2,1-3H3. The van der Waals surface area contributed by atoms with E-state index in [1.54, 1.807) is 19.2 Å². The lowest BCUT2D eigenvalue weighted by atomic mass is 10.0. The predicted octanol–water partition coefficient (Wildman–Crippen LogP) is 6.78. The van der Waals surface area contributed by atoms with Gasteiger partial charge in [-0.3, -0.25) is 9.59 Å². The second-order valence-electron chi connectivity index (χ2n) is 8.53. The second kappa shape index (κ2) is 13.2. The molecular weight excluding hydrogens is 485 g/mol. The van der Waals surface area contributed by atoms with Crippen LogP contribution in [0.3, 0.4) is 0 Å². The normalized spacial score (nSPS) is 20.3. The molecule has 0 aromatic rings. The maximum Gasteiger partial charge on any atom is 0.389 e. The molecule has 0 saturated carbocycles. The number of rotatable bonds is 7. The van der Waals surface area contributed by atoms with E-state index in [1.807, 2.05) is 29.4 Å². The first-order valence-corrected chi connectivity index (χ1v) is 13.1. The zero-order valence-corrected chi connectivity index (χ0v) is 21.3. The molecule has 2 atom stereocenters. The molecular formula is C25H32ClF3N2O2S. The van der Waals surface area contributed by atoms with Crippen molar-refractivity contribution in [1.29, 1.82) is 0 Å². The predicted molar refractivity (Wildman–Crippen MR) is 133 cm³/mol. The van der Waals surface area contributed by atoms with Crippen LogP contribution >= 0.6 is 23.4 Å². The minimum atomic E-state index is -4.51. The molecule has 0 fully saturated rings. The average molecular weight is 517 g/mol. The molecule has 34 heavy (non-hydrogen) atoms. The smallest absolute Gasteiger partial charge is 0.346 e. The summed E-state index contributed by atoms with van der Waals surface area (Å²) in [6, 6.07) is 0. The van der Waals surface area contributed by atoms with Crippen LogP contribution in [0.2, 0.25) is 0 Å². The third-order valence-corrected chi connectivity index (χ3v) is 6.64. The molecule has 0 bridgehead atoms. The summed E-state index contributed by atoms with van der Waals surface area (Å²) >= 11 is 7.96. The van der Waals surface area contributed by atoms with Crippen molar-refractivity contribution in [2.75, 3.05) is 18.6 Å². The number of carbonyl (C=O) groups excluding carboxylic acids is 2. The Morgan fingerprint density at radius 2 is 2.09 bits per heavy atom. The van der Waals surface area contributed by atoms with Crippen LogP contribution in [0.25, 0.3) is 0 Å². The molecule has 0 saturated heterocycles. The monoisotopic (exact) mass is 516 g/mol. The van der Waals surface area contributed by atoms with Gasteiger partial charge in [-0.1, -0.05) is 49.8 Å². The summed E-state index contributed by atoms with van der Waals surface area (Å²) in [7, 11) is 0. The van der Waals surface area contributed by atoms with Gasteiger partial charge in [0, 0.05) is 36.5 Å². The van der Waals surface area contributed by atoms with E-state index in [4.69, 9.17) is 11.6 Å². The highest BCUT2D eigenvalue weighted by atomic mass is 35.5. The van der Waals surface area contributed by atoms with Crippen molar-refractivity contribution in [2.24, 2.45) is 11.8 Å². The van der Waals surface area contributed by atoms with E-state index in [0.717, 1.165) is 23.4 Å². The fraction of sp³-hybridized carbons (Fsp3) is 0.520. The van der Waals surface area contributed by atoms with Crippen molar-refractivity contribution in [3.05, 3.63) is 59.1 Å². The van der Waals surface area contributed by atoms with Crippen molar-refractivity contribution in [3.8, 4) is 0 Å². The van der Waals surface area contributed by atoms with Gasteiger partial charge in [0.1, 0.15) is 0 Å². The number of alkyl halides is 3. The number of imide groups is 1. The Morgan fingerprint density at radius 3 is 2.76 bits per heavy atom. The minimum absolute atomic E-state index is 0.111. The molecule has 2 unspecified atom stereocenters. The van der Waals surface area contributed by atoms with Gasteiger partial charge in [-0.05, 0) is 43.6 Å². The Morgan fingerprint density at radius 1 is 1.35 bits per heavy atom. The van der Waals surface area contributed by atoms with Gasteiger partial charge in [-0.15, -0.1) is 0 Å². The largest absolute Gasteiger partial charge is 0.389 e. The van der Waals surface area contributed by atoms with Crippen LogP contribution in [0.5, 0.6) is 0 Å². The Labute approximate surface area is 209 Å². The fourth-order valence-corrected chi connectivity index (χ4v) is 4.47. The van der Waals surface area contributed by atoms with Gasteiger partial charge in [0.25, 0.3) is 0 Å². The van der Waals surface area contributed by atoms with Crippen molar-refractivity contribution >= 4 is 35.2 Å². The van der Waals surface area contributed by atoms with Gasteiger partial charge < -0.3 is 4.90 Å². The van der Waals surface area contributed by atoms with Crippen LogP contribution in [-0.4, -0.2) is 46.3 Å². The molecule has 1 aliphatic carbocycles. The van der Waals surface area contributed by atoms with Crippen molar-refractivity contribution in [2.45, 2.75) is 52.1 Å². The number of carbonyl (C=O) groups is 2. The number of thioether (sulfide) groups is 1. The van der Waals surface area contributed by atoms with E-state index in [2.05, 4.69) is 19.1 Å². The molecule has 0 spiro atoms. The fourth-order valence-electron chi connectivity index (χ4n) is 3.59. The number of hydrogen-bond donors (Lipinski definition) is 0. The van der Waals surface area contributed by atoms with Crippen LogP contribution in [0, 0.1) is 11.8 Å². The molecule has 0 radical (unpaired) electrons. The molecule has 1 aliphatic heterocycles. The number of nitrogens with zero attached hydrogens (tertiary/aromatic N) is 2. The SMILES string of the molecule is CSCC(C)C(=O)N(C(=O)CCC(F)(F)F)C1=CN(C2=CC=CC(C)CC=C2)CCCC=C1Cl. The van der Waals surface area contributed by atoms with E-state index in [9.17, 15) is 22.8 Å². The molecule has 4 nitrogen and oxygen atoms in total. The number of amides is 2. The molecule has 1 heterocycles. The lowest BCUT2D eigenvalue weighted by Crippen LogP contribution is -2.41. The Balaban J connectivity index is 2.52. The lowest BCUT2D eigenvalue weighted by Gasteiger charge is -2.31. The molecule has 2 aliphatic rings. The van der Waals surface area contributed by atoms with Gasteiger partial charge in [0.2, 0.25) is 11.8 Å². The topological polar surface area (TPSA) is 40.6 Å². The van der Waals surface area contributed by atoms with Crippen LogP contribution in [0.4, 0.5) is 13.2 Å². The van der Waals surface area contributed by atoms with Gasteiger partial charge in [0.15, 0.2) is 0 Å². The van der Waals surface area contributed by atoms with E-state index in [1.165, 1.54) is 11.8 Å². The van der Waals surface area contributed by atoms with Gasteiger partial charge in [-0.2, -0.15) is 24.9 Å². The summed E-state index contributed by atoms with van der Waals surface area (Å²) in [6.07, 6.45) is 10.8. The van der Waals surface area contributed by atoms with E-state index in [-0.39, 0.29) is 10.7 Å². The summed E-state index contributed by atoms with van der Waals surface area (Å²) in [5.41, 5.74) is 0.958. The number of hydrogen-bond acceptors (Lipinski definition) is 4. The molecule has 0 aromatic carbocycles. The highest BCUT2D eigenvalue weighted by Gasteiger charge is 2.35. The maximum absolute atomic E-state index is 13.3. The molecule has 2 rings (SSSR count). The Bertz CT molecular complexity index is 893. The van der Waals surface area contributed by atoms with Gasteiger partial charge in [-0.25, -0.2) is 4.90 Å². The van der Waals surface area contributed by atoms with Crippen LogP contribution in [0.1, 0.15) is 46.0 Å². The zero-order valence-electron chi connectivity index (χ0n) is 19.8. The summed E-state index contributed by atoms with van der Waals surface area (Å²) in [5, 5.41) is 0.175. The third-order valence-electron chi connectivity index (χ3n) is 5.46. The summed E-state index contributed by atoms with van der Waals surface area (Å²) < 4.78 is 38.6. The highest BCUT2D eigenvalue weighted by molar-refractivity contribution is 7.98. The van der Waals surface area contributed by atoms with Gasteiger partial charge >= 0.3 is 6.18 Å². The van der Waals surface area contributed by atoms with Gasteiger partial charge in [0.05, 0.1) is 17.2 Å². The first kappa shape index (κ1) is 28.3.